The van der Waals surface area contributed by atoms with Crippen LogP contribution in [0.25, 0.3) is 0 Å². The number of aliphatic hydroxyl groups is 1. The molecule has 1 N–H and O–H groups in total. The molecule has 0 aromatic carbocycles. The molecule has 8 heteroatoms. The minimum Gasteiger partial charge on any atom is -0.388 e. The predicted molar refractivity (Wildman–Crippen MR) is 133 cm³/mol. The van der Waals surface area contributed by atoms with E-state index < -0.39 is 24.4 Å². The number of morpholine rings is 1. The Labute approximate surface area is 207 Å². The van der Waals surface area contributed by atoms with Gasteiger partial charge in [-0.2, -0.15) is 0 Å². The normalized spacial score (nSPS) is 18.0. The highest BCUT2D eigenvalue weighted by Crippen LogP contribution is 2.21. The summed E-state index contributed by atoms with van der Waals surface area (Å²) in [6, 6.07) is 0. The van der Waals surface area contributed by atoms with E-state index in [0.717, 1.165) is 51.4 Å². The van der Waals surface area contributed by atoms with Gasteiger partial charge < -0.3 is 33.7 Å². The molecule has 1 aliphatic heterocycles. The van der Waals surface area contributed by atoms with Gasteiger partial charge in [-0.05, 0) is 25.7 Å². The number of carbonyl (C=O) groups excluding carboxylic acids is 1. The van der Waals surface area contributed by atoms with Crippen molar-refractivity contribution in [2.24, 2.45) is 0 Å². The van der Waals surface area contributed by atoms with E-state index in [-0.39, 0.29) is 12.5 Å². The molecule has 0 saturated carbocycles. The van der Waals surface area contributed by atoms with Crippen LogP contribution in [0.15, 0.2) is 0 Å². The molecule has 1 heterocycles. The zero-order chi connectivity index (χ0) is 25.0. The van der Waals surface area contributed by atoms with Gasteiger partial charge in [0, 0.05) is 39.5 Å². The summed E-state index contributed by atoms with van der Waals surface area (Å²) in [5.74, 6) is -0.121. The molecular formula is C26H51NO7. The number of rotatable bonds is 21. The molecule has 0 aromatic rings. The summed E-state index contributed by atoms with van der Waals surface area (Å²) in [4.78, 5) is 15.4. The second-order valence-electron chi connectivity index (χ2n) is 8.96. The van der Waals surface area contributed by atoms with Gasteiger partial charge in [0.1, 0.15) is 18.3 Å². The minimum atomic E-state index is -0.921. The van der Waals surface area contributed by atoms with Crippen molar-refractivity contribution in [1.29, 1.82) is 0 Å². The largest absolute Gasteiger partial charge is 0.388 e. The Kier molecular flexibility index (Phi) is 18.8. The molecule has 202 valence electrons. The van der Waals surface area contributed by atoms with Crippen molar-refractivity contribution in [2.45, 2.75) is 103 Å². The number of ether oxygens (including phenoxy) is 5. The van der Waals surface area contributed by atoms with Crippen LogP contribution in [0.2, 0.25) is 0 Å². The fourth-order valence-electron chi connectivity index (χ4n) is 3.68. The average Bonchev–Trinajstić information content (AvgIpc) is 2.86. The number of carbonyl (C=O) groups is 1. The summed E-state index contributed by atoms with van der Waals surface area (Å²) in [5.41, 5.74) is 0. The van der Waals surface area contributed by atoms with Crippen LogP contribution in [0.1, 0.15) is 79.1 Å². The van der Waals surface area contributed by atoms with E-state index in [2.05, 4.69) is 27.7 Å². The molecule has 1 amide bonds. The Morgan fingerprint density at radius 3 is 1.85 bits per heavy atom. The summed E-state index contributed by atoms with van der Waals surface area (Å²) < 4.78 is 29.8. The fraction of sp³-hybridized carbons (Fsp3) is 0.962. The maximum atomic E-state index is 13.6. The molecule has 0 aromatic heterocycles. The number of hydrogen-bond acceptors (Lipinski definition) is 7. The Morgan fingerprint density at radius 1 is 0.794 bits per heavy atom. The number of amides is 1. The minimum absolute atomic E-state index is 0.121. The molecular weight excluding hydrogens is 438 g/mol. The molecule has 8 nitrogen and oxygen atoms in total. The van der Waals surface area contributed by atoms with Crippen molar-refractivity contribution >= 4 is 5.91 Å². The van der Waals surface area contributed by atoms with Gasteiger partial charge in [-0.25, -0.2) is 0 Å². The standard InChI is InChI=1S/C26H51NO7/c1-5-9-15-31-21-22(28)23(32-16-10-6-2)24(33-17-11-7-3)25(34-18-12-8-4)26(29)27-13-19-30-20-14-27/h22-25,28H,5-21H2,1-4H3/t22-,23-,24+,25-/m1/s1. The van der Waals surface area contributed by atoms with Crippen molar-refractivity contribution in [2.75, 3.05) is 59.3 Å². The second-order valence-corrected chi connectivity index (χ2v) is 8.96. The van der Waals surface area contributed by atoms with Crippen LogP contribution >= 0.6 is 0 Å². The number of hydrogen-bond donors (Lipinski definition) is 1. The van der Waals surface area contributed by atoms with Crippen molar-refractivity contribution in [3.05, 3.63) is 0 Å². The van der Waals surface area contributed by atoms with Crippen LogP contribution in [-0.2, 0) is 28.5 Å². The average molecular weight is 490 g/mol. The molecule has 0 radical (unpaired) electrons. The molecule has 0 unspecified atom stereocenters. The number of nitrogens with zero attached hydrogens (tertiary/aromatic N) is 1. The van der Waals surface area contributed by atoms with Gasteiger partial charge in [-0.15, -0.1) is 0 Å². The van der Waals surface area contributed by atoms with Gasteiger partial charge >= 0.3 is 0 Å². The third kappa shape index (κ3) is 12.3. The molecule has 34 heavy (non-hydrogen) atoms. The molecule has 1 saturated heterocycles. The lowest BCUT2D eigenvalue weighted by atomic mass is 10.0. The van der Waals surface area contributed by atoms with Gasteiger partial charge in [0.05, 0.1) is 19.8 Å². The topological polar surface area (TPSA) is 86.7 Å². The van der Waals surface area contributed by atoms with Crippen LogP contribution in [0.5, 0.6) is 0 Å². The van der Waals surface area contributed by atoms with Gasteiger partial charge in [-0.1, -0.05) is 53.4 Å². The first-order chi connectivity index (χ1) is 16.6. The van der Waals surface area contributed by atoms with Crippen molar-refractivity contribution in [3.8, 4) is 0 Å². The summed E-state index contributed by atoms with van der Waals surface area (Å²) in [6.07, 6.45) is 4.21. The maximum Gasteiger partial charge on any atom is 0.254 e. The SMILES string of the molecule is CCCCOC[C@@H](O)[C@@H](OCCCC)[C@H](OCCCC)[C@@H](OCCCC)C(=O)N1CCOCC1. The third-order valence-electron chi connectivity index (χ3n) is 5.91. The number of unbranched alkanes of at least 4 members (excludes halogenated alkanes) is 4. The van der Waals surface area contributed by atoms with Gasteiger partial charge in [0.15, 0.2) is 6.10 Å². The van der Waals surface area contributed by atoms with E-state index in [1.165, 1.54) is 0 Å². The molecule has 0 spiro atoms. The van der Waals surface area contributed by atoms with Crippen LogP contribution in [-0.4, -0.2) is 99.7 Å². The molecule has 0 aliphatic carbocycles. The predicted octanol–water partition coefficient (Wildman–Crippen LogP) is 3.58. The van der Waals surface area contributed by atoms with E-state index in [1.54, 1.807) is 4.90 Å². The van der Waals surface area contributed by atoms with E-state index in [9.17, 15) is 9.90 Å². The molecule has 1 rings (SSSR count). The fourth-order valence-corrected chi connectivity index (χ4v) is 3.68. The highest BCUT2D eigenvalue weighted by molar-refractivity contribution is 5.82. The lowest BCUT2D eigenvalue weighted by molar-refractivity contribution is -0.191. The van der Waals surface area contributed by atoms with Crippen molar-refractivity contribution < 1.29 is 33.6 Å². The Morgan fingerprint density at radius 2 is 1.29 bits per heavy atom. The number of aliphatic hydroxyl groups excluding tert-OH is 1. The summed E-state index contributed by atoms with van der Waals surface area (Å²) >= 11 is 0. The van der Waals surface area contributed by atoms with E-state index in [0.29, 0.717) is 52.7 Å². The van der Waals surface area contributed by atoms with Crippen LogP contribution < -0.4 is 0 Å². The Balaban J connectivity index is 3.13. The van der Waals surface area contributed by atoms with E-state index >= 15 is 0 Å². The van der Waals surface area contributed by atoms with Crippen LogP contribution in [0.4, 0.5) is 0 Å². The van der Waals surface area contributed by atoms with Gasteiger partial charge in [-0.3, -0.25) is 4.79 Å². The Bertz CT molecular complexity index is 488. The summed E-state index contributed by atoms with van der Waals surface area (Å²) in [5, 5.41) is 11.1. The monoisotopic (exact) mass is 489 g/mol. The van der Waals surface area contributed by atoms with E-state index in [1.807, 2.05) is 0 Å². The maximum absolute atomic E-state index is 13.6. The molecule has 0 bridgehead atoms. The lowest BCUT2D eigenvalue weighted by Gasteiger charge is -2.38. The van der Waals surface area contributed by atoms with Crippen LogP contribution in [0, 0.1) is 0 Å². The molecule has 4 atom stereocenters. The third-order valence-corrected chi connectivity index (χ3v) is 5.91. The first kappa shape index (κ1) is 31.3. The van der Waals surface area contributed by atoms with Crippen molar-refractivity contribution in [1.82, 2.24) is 4.90 Å². The first-order valence-corrected chi connectivity index (χ1v) is 13.6. The summed E-state index contributed by atoms with van der Waals surface area (Å²) in [7, 11) is 0. The lowest BCUT2D eigenvalue weighted by Crippen LogP contribution is -2.57. The van der Waals surface area contributed by atoms with Crippen LogP contribution in [0.3, 0.4) is 0 Å². The van der Waals surface area contributed by atoms with Crippen molar-refractivity contribution in [3.63, 3.8) is 0 Å². The quantitative estimate of drug-likeness (QED) is 0.247. The highest BCUT2D eigenvalue weighted by atomic mass is 16.6. The summed E-state index contributed by atoms with van der Waals surface area (Å²) in [6.45, 7) is 12.6. The van der Waals surface area contributed by atoms with Gasteiger partial charge in [0.2, 0.25) is 0 Å². The highest BCUT2D eigenvalue weighted by Gasteiger charge is 2.42. The second kappa shape index (κ2) is 20.4. The van der Waals surface area contributed by atoms with Gasteiger partial charge in [0.25, 0.3) is 5.91 Å². The zero-order valence-electron chi connectivity index (χ0n) is 22.2. The Hall–Kier alpha value is -0.770. The molecule has 1 aliphatic rings. The smallest absolute Gasteiger partial charge is 0.254 e. The first-order valence-electron chi connectivity index (χ1n) is 13.6. The van der Waals surface area contributed by atoms with E-state index in [4.69, 9.17) is 23.7 Å². The zero-order valence-corrected chi connectivity index (χ0v) is 22.2. The molecule has 1 fully saturated rings.